The van der Waals surface area contributed by atoms with Crippen molar-refractivity contribution >= 4 is 12.3 Å². The van der Waals surface area contributed by atoms with E-state index in [1.165, 1.54) is 0 Å². The second kappa shape index (κ2) is 10.7. The zero-order chi connectivity index (χ0) is 13.8. The predicted molar refractivity (Wildman–Crippen MR) is 69.8 cm³/mol. The molecule has 0 aliphatic carbocycles. The van der Waals surface area contributed by atoms with Crippen LogP contribution in [0.2, 0.25) is 0 Å². The molecule has 7 heteroatoms. The maximum atomic E-state index is 11.8. The summed E-state index contributed by atoms with van der Waals surface area (Å²) in [6.45, 7) is 5.66. The lowest BCUT2D eigenvalue weighted by Gasteiger charge is -2.27. The van der Waals surface area contributed by atoms with E-state index in [0.29, 0.717) is 45.8 Å². The lowest BCUT2D eigenvalue weighted by Crippen LogP contribution is -2.46. The molecule has 110 valence electrons. The minimum atomic E-state index is 0.151. The topological polar surface area (TPSA) is 79.9 Å². The summed E-state index contributed by atoms with van der Waals surface area (Å²) in [5.74, 6) is 0.151. The first-order chi connectivity index (χ1) is 9.34. The highest BCUT2D eigenvalue weighted by Gasteiger charge is 2.15. The van der Waals surface area contributed by atoms with E-state index < -0.39 is 0 Å². The van der Waals surface area contributed by atoms with Gasteiger partial charge in [-0.15, -0.1) is 0 Å². The Morgan fingerprint density at radius 2 is 1.84 bits per heavy atom. The maximum absolute atomic E-state index is 11.8. The van der Waals surface area contributed by atoms with E-state index in [9.17, 15) is 9.59 Å². The number of ether oxygens (including phenoxy) is 2. The lowest BCUT2D eigenvalue weighted by atomic mass is 10.3. The molecule has 0 aromatic heterocycles. The Morgan fingerprint density at radius 3 is 2.53 bits per heavy atom. The second-order valence-electron chi connectivity index (χ2n) is 4.18. The van der Waals surface area contributed by atoms with Crippen LogP contribution in [0.15, 0.2) is 0 Å². The van der Waals surface area contributed by atoms with Gasteiger partial charge in [0.25, 0.3) is 0 Å². The number of rotatable bonds is 10. The number of amides is 2. The molecule has 1 heterocycles. The smallest absolute Gasteiger partial charge is 0.224 e. The van der Waals surface area contributed by atoms with Crippen molar-refractivity contribution in [1.82, 2.24) is 15.5 Å². The molecule has 0 bridgehead atoms. The van der Waals surface area contributed by atoms with Crippen molar-refractivity contribution in [3.63, 3.8) is 0 Å². The van der Waals surface area contributed by atoms with Gasteiger partial charge in [-0.05, 0) is 0 Å². The Balaban J connectivity index is 1.87. The Morgan fingerprint density at radius 1 is 1.16 bits per heavy atom. The van der Waals surface area contributed by atoms with Gasteiger partial charge in [-0.3, -0.25) is 9.59 Å². The van der Waals surface area contributed by atoms with Crippen molar-refractivity contribution < 1.29 is 19.1 Å². The number of nitrogens with zero attached hydrogens (tertiary/aromatic N) is 1. The average molecular weight is 273 g/mol. The monoisotopic (exact) mass is 273 g/mol. The van der Waals surface area contributed by atoms with Crippen LogP contribution in [0.25, 0.3) is 0 Å². The molecule has 7 nitrogen and oxygen atoms in total. The number of piperazine rings is 1. The van der Waals surface area contributed by atoms with Gasteiger partial charge in [-0.2, -0.15) is 0 Å². The summed E-state index contributed by atoms with van der Waals surface area (Å²) in [4.78, 5) is 23.6. The second-order valence-corrected chi connectivity index (χ2v) is 4.18. The molecule has 2 N–H and O–H groups in total. The van der Waals surface area contributed by atoms with Gasteiger partial charge in [-0.1, -0.05) is 0 Å². The van der Waals surface area contributed by atoms with Crippen LogP contribution < -0.4 is 10.6 Å². The van der Waals surface area contributed by atoms with Crippen LogP contribution in [-0.4, -0.2) is 76.4 Å². The fourth-order valence-electron chi connectivity index (χ4n) is 1.74. The predicted octanol–water partition coefficient (Wildman–Crippen LogP) is -1.41. The summed E-state index contributed by atoms with van der Waals surface area (Å²) in [5.41, 5.74) is 0. The van der Waals surface area contributed by atoms with Crippen molar-refractivity contribution in [2.24, 2.45) is 0 Å². The first-order valence-corrected chi connectivity index (χ1v) is 6.65. The Hall–Kier alpha value is -1.18. The molecule has 0 atom stereocenters. The normalized spacial score (nSPS) is 15.3. The molecular weight excluding hydrogens is 250 g/mol. The van der Waals surface area contributed by atoms with Crippen molar-refractivity contribution in [3.05, 3.63) is 0 Å². The van der Waals surface area contributed by atoms with Crippen molar-refractivity contribution in [2.45, 2.75) is 6.42 Å². The quantitative estimate of drug-likeness (QED) is 0.377. The Bertz CT molecular complexity index is 257. The molecule has 19 heavy (non-hydrogen) atoms. The van der Waals surface area contributed by atoms with Crippen LogP contribution in [0, 0.1) is 0 Å². The Labute approximate surface area is 113 Å². The summed E-state index contributed by atoms with van der Waals surface area (Å²) in [6.07, 6.45) is 1.06. The average Bonchev–Trinajstić information content (AvgIpc) is 2.46. The zero-order valence-electron chi connectivity index (χ0n) is 11.2. The molecule has 1 aliphatic heterocycles. The molecular formula is C12H23N3O4. The molecule has 1 rings (SSSR count). The zero-order valence-corrected chi connectivity index (χ0v) is 11.2. The van der Waals surface area contributed by atoms with Crippen LogP contribution in [-0.2, 0) is 19.1 Å². The summed E-state index contributed by atoms with van der Waals surface area (Å²) < 4.78 is 10.5. The molecule has 0 radical (unpaired) electrons. The highest BCUT2D eigenvalue weighted by molar-refractivity contribution is 5.76. The van der Waals surface area contributed by atoms with Crippen molar-refractivity contribution in [2.75, 3.05) is 59.2 Å². The van der Waals surface area contributed by atoms with Crippen molar-refractivity contribution in [1.29, 1.82) is 0 Å². The van der Waals surface area contributed by atoms with E-state index in [-0.39, 0.29) is 5.91 Å². The molecule has 0 aromatic rings. The van der Waals surface area contributed by atoms with Crippen LogP contribution in [0.3, 0.4) is 0 Å². The summed E-state index contributed by atoms with van der Waals surface area (Å²) in [6, 6.07) is 0. The van der Waals surface area contributed by atoms with E-state index in [2.05, 4.69) is 10.6 Å². The van der Waals surface area contributed by atoms with E-state index in [1.54, 1.807) is 0 Å². The summed E-state index contributed by atoms with van der Waals surface area (Å²) in [5, 5.41) is 5.71. The van der Waals surface area contributed by atoms with Gasteiger partial charge in [0.05, 0.1) is 32.8 Å². The number of nitrogens with one attached hydrogen (secondary N) is 2. The highest BCUT2D eigenvalue weighted by atomic mass is 16.5. The molecule has 0 spiro atoms. The number of hydrogen-bond acceptors (Lipinski definition) is 5. The van der Waals surface area contributed by atoms with Gasteiger partial charge in [0, 0.05) is 32.7 Å². The molecule has 1 saturated heterocycles. The van der Waals surface area contributed by atoms with Gasteiger partial charge >= 0.3 is 0 Å². The first-order valence-electron chi connectivity index (χ1n) is 6.65. The standard InChI is InChI=1S/C12H23N3O4/c16-11-14-4-8-19-10-9-18-7-1-12(17)15-5-2-13-3-6-15/h11,13H,1-10H2,(H,14,16). The first kappa shape index (κ1) is 15.9. The number of hydrogen-bond donors (Lipinski definition) is 2. The fourth-order valence-corrected chi connectivity index (χ4v) is 1.74. The van der Waals surface area contributed by atoms with Gasteiger partial charge < -0.3 is 25.0 Å². The number of carbonyl (C=O) groups is 2. The van der Waals surface area contributed by atoms with Crippen LogP contribution in [0.5, 0.6) is 0 Å². The van der Waals surface area contributed by atoms with Gasteiger partial charge in [0.2, 0.25) is 12.3 Å². The van der Waals surface area contributed by atoms with Crippen LogP contribution in [0.1, 0.15) is 6.42 Å². The SMILES string of the molecule is O=CNCCOCCOCCC(=O)N1CCNCC1. The maximum Gasteiger partial charge on any atom is 0.224 e. The molecule has 0 aromatic carbocycles. The van der Waals surface area contributed by atoms with E-state index in [0.717, 1.165) is 26.2 Å². The van der Waals surface area contributed by atoms with E-state index >= 15 is 0 Å². The highest BCUT2D eigenvalue weighted by Crippen LogP contribution is 1.97. The number of carbonyl (C=O) groups excluding carboxylic acids is 2. The van der Waals surface area contributed by atoms with Crippen LogP contribution >= 0.6 is 0 Å². The van der Waals surface area contributed by atoms with E-state index in [4.69, 9.17) is 9.47 Å². The molecule has 0 saturated carbocycles. The van der Waals surface area contributed by atoms with Crippen molar-refractivity contribution in [3.8, 4) is 0 Å². The summed E-state index contributed by atoms with van der Waals surface area (Å²) in [7, 11) is 0. The minimum absolute atomic E-state index is 0.151. The summed E-state index contributed by atoms with van der Waals surface area (Å²) >= 11 is 0. The molecule has 1 fully saturated rings. The Kier molecular flexibility index (Phi) is 8.95. The molecule has 2 amide bonds. The minimum Gasteiger partial charge on any atom is -0.379 e. The van der Waals surface area contributed by atoms with E-state index in [1.807, 2.05) is 4.90 Å². The van der Waals surface area contributed by atoms with Gasteiger partial charge in [0.1, 0.15) is 0 Å². The third kappa shape index (κ3) is 7.76. The third-order valence-electron chi connectivity index (χ3n) is 2.78. The lowest BCUT2D eigenvalue weighted by molar-refractivity contribution is -0.133. The van der Waals surface area contributed by atoms with Gasteiger partial charge in [0.15, 0.2) is 0 Å². The molecule has 0 unspecified atom stereocenters. The fraction of sp³-hybridized carbons (Fsp3) is 0.833. The van der Waals surface area contributed by atoms with Gasteiger partial charge in [-0.25, -0.2) is 0 Å². The largest absolute Gasteiger partial charge is 0.379 e. The molecule has 1 aliphatic rings. The van der Waals surface area contributed by atoms with Crippen LogP contribution in [0.4, 0.5) is 0 Å². The third-order valence-corrected chi connectivity index (χ3v) is 2.78.